The number of anilines is 1. The molecule has 0 aromatic carbocycles. The summed E-state index contributed by atoms with van der Waals surface area (Å²) in [4.78, 5) is 19.4. The molecule has 1 saturated heterocycles. The SMILES string of the molecule is CCCc1nc(N2CCCC3CCCCC32)sc1C=O. The Hall–Kier alpha value is -0.900. The number of hydrogen-bond donors (Lipinski definition) is 0. The van der Waals surface area contributed by atoms with Crippen LogP contribution >= 0.6 is 11.3 Å². The number of piperidine rings is 1. The van der Waals surface area contributed by atoms with Crippen LogP contribution in [0.3, 0.4) is 0 Å². The molecule has 0 bridgehead atoms. The fourth-order valence-electron chi connectivity index (χ4n) is 3.84. The summed E-state index contributed by atoms with van der Waals surface area (Å²) in [6, 6.07) is 0.678. The number of carbonyl (C=O) groups is 1. The van der Waals surface area contributed by atoms with Crippen molar-refractivity contribution in [2.45, 2.75) is 64.3 Å². The Labute approximate surface area is 125 Å². The van der Waals surface area contributed by atoms with E-state index in [1.54, 1.807) is 11.3 Å². The van der Waals surface area contributed by atoms with Gasteiger partial charge in [0.1, 0.15) is 0 Å². The maximum absolute atomic E-state index is 11.2. The second kappa shape index (κ2) is 6.25. The van der Waals surface area contributed by atoms with Crippen LogP contribution < -0.4 is 4.90 Å². The van der Waals surface area contributed by atoms with Gasteiger partial charge in [-0.1, -0.05) is 37.5 Å². The Morgan fingerprint density at radius 2 is 2.10 bits per heavy atom. The Balaban J connectivity index is 1.85. The van der Waals surface area contributed by atoms with Gasteiger partial charge in [0.15, 0.2) is 11.4 Å². The third-order valence-electron chi connectivity index (χ3n) is 4.80. The molecule has 20 heavy (non-hydrogen) atoms. The summed E-state index contributed by atoms with van der Waals surface area (Å²) in [6.07, 6.45) is 11.1. The number of hydrogen-bond acceptors (Lipinski definition) is 4. The first kappa shape index (κ1) is 14.1. The summed E-state index contributed by atoms with van der Waals surface area (Å²) in [7, 11) is 0. The van der Waals surface area contributed by atoms with Gasteiger partial charge in [-0.2, -0.15) is 0 Å². The first-order valence-electron chi connectivity index (χ1n) is 8.05. The van der Waals surface area contributed by atoms with Gasteiger partial charge in [0.05, 0.1) is 10.6 Å². The quantitative estimate of drug-likeness (QED) is 0.784. The molecule has 1 aliphatic heterocycles. The van der Waals surface area contributed by atoms with Crippen molar-refractivity contribution >= 4 is 22.8 Å². The zero-order valence-corrected chi connectivity index (χ0v) is 13.1. The van der Waals surface area contributed by atoms with E-state index in [0.29, 0.717) is 6.04 Å². The van der Waals surface area contributed by atoms with Gasteiger partial charge < -0.3 is 4.90 Å². The molecule has 3 rings (SSSR count). The summed E-state index contributed by atoms with van der Waals surface area (Å²) in [6.45, 7) is 3.27. The van der Waals surface area contributed by atoms with Gasteiger partial charge in [-0.3, -0.25) is 4.79 Å². The molecule has 2 unspecified atom stereocenters. The van der Waals surface area contributed by atoms with Crippen molar-refractivity contribution in [2.75, 3.05) is 11.4 Å². The van der Waals surface area contributed by atoms with Crippen LogP contribution in [0.1, 0.15) is 67.2 Å². The minimum atomic E-state index is 0.678. The number of nitrogens with zero attached hydrogens (tertiary/aromatic N) is 2. The second-order valence-corrected chi connectivity index (χ2v) is 7.13. The van der Waals surface area contributed by atoms with Gasteiger partial charge in [0.25, 0.3) is 0 Å². The number of aryl methyl sites for hydroxylation is 1. The molecule has 0 radical (unpaired) electrons. The van der Waals surface area contributed by atoms with Gasteiger partial charge >= 0.3 is 0 Å². The number of carbonyl (C=O) groups excluding carboxylic acids is 1. The lowest BCUT2D eigenvalue weighted by Crippen LogP contribution is -2.46. The predicted octanol–water partition coefficient (Wildman–Crippen LogP) is 4.07. The summed E-state index contributed by atoms with van der Waals surface area (Å²) >= 11 is 1.61. The van der Waals surface area contributed by atoms with E-state index < -0.39 is 0 Å². The van der Waals surface area contributed by atoms with Crippen LogP contribution in [0.5, 0.6) is 0 Å². The van der Waals surface area contributed by atoms with Crippen LogP contribution in [0.25, 0.3) is 0 Å². The molecular weight excluding hydrogens is 268 g/mol. The van der Waals surface area contributed by atoms with Crippen molar-refractivity contribution in [2.24, 2.45) is 5.92 Å². The fourth-order valence-corrected chi connectivity index (χ4v) is 4.85. The number of fused-ring (bicyclic) bond motifs is 1. The monoisotopic (exact) mass is 292 g/mol. The molecule has 0 amide bonds. The second-order valence-electron chi connectivity index (χ2n) is 6.12. The topological polar surface area (TPSA) is 33.2 Å². The zero-order chi connectivity index (χ0) is 13.9. The van der Waals surface area contributed by atoms with E-state index in [1.807, 2.05) is 0 Å². The molecule has 110 valence electrons. The molecule has 1 saturated carbocycles. The lowest BCUT2D eigenvalue weighted by molar-refractivity contribution is 0.112. The molecule has 2 fully saturated rings. The first-order valence-corrected chi connectivity index (χ1v) is 8.86. The third kappa shape index (κ3) is 2.62. The largest absolute Gasteiger partial charge is 0.345 e. The van der Waals surface area contributed by atoms with Crippen LogP contribution in [0.2, 0.25) is 0 Å². The maximum Gasteiger partial charge on any atom is 0.186 e. The smallest absolute Gasteiger partial charge is 0.186 e. The van der Waals surface area contributed by atoms with Crippen molar-refractivity contribution in [3.8, 4) is 0 Å². The van der Waals surface area contributed by atoms with Crippen LogP contribution in [0.4, 0.5) is 5.13 Å². The average molecular weight is 292 g/mol. The fraction of sp³-hybridized carbons (Fsp3) is 0.750. The highest BCUT2D eigenvalue weighted by Crippen LogP contribution is 2.39. The summed E-state index contributed by atoms with van der Waals surface area (Å²) < 4.78 is 0. The van der Waals surface area contributed by atoms with E-state index >= 15 is 0 Å². The highest BCUT2D eigenvalue weighted by molar-refractivity contribution is 7.17. The average Bonchev–Trinajstić information content (AvgIpc) is 2.90. The molecule has 1 aromatic rings. The molecule has 3 nitrogen and oxygen atoms in total. The Morgan fingerprint density at radius 3 is 2.90 bits per heavy atom. The number of aldehydes is 1. The molecule has 2 atom stereocenters. The van der Waals surface area contributed by atoms with Crippen LogP contribution in [0.15, 0.2) is 0 Å². The van der Waals surface area contributed by atoms with Crippen molar-refractivity contribution in [3.63, 3.8) is 0 Å². The van der Waals surface area contributed by atoms with Crippen LogP contribution in [-0.2, 0) is 6.42 Å². The number of aromatic nitrogens is 1. The molecular formula is C16H24N2OS. The maximum atomic E-state index is 11.2. The normalized spacial score (nSPS) is 26.4. The molecule has 1 aliphatic carbocycles. The van der Waals surface area contributed by atoms with E-state index in [9.17, 15) is 4.79 Å². The van der Waals surface area contributed by atoms with E-state index in [1.165, 1.54) is 38.5 Å². The van der Waals surface area contributed by atoms with Crippen molar-refractivity contribution in [1.82, 2.24) is 4.98 Å². The summed E-state index contributed by atoms with van der Waals surface area (Å²) in [5.74, 6) is 0.857. The molecule has 0 N–H and O–H groups in total. The van der Waals surface area contributed by atoms with Gasteiger partial charge in [-0.15, -0.1) is 0 Å². The highest BCUT2D eigenvalue weighted by Gasteiger charge is 2.34. The van der Waals surface area contributed by atoms with E-state index in [2.05, 4.69) is 11.8 Å². The van der Waals surface area contributed by atoms with Crippen molar-refractivity contribution < 1.29 is 4.79 Å². The Morgan fingerprint density at radius 1 is 1.30 bits per heavy atom. The molecule has 1 aromatic heterocycles. The molecule has 4 heteroatoms. The first-order chi connectivity index (χ1) is 9.83. The number of thiazole rings is 1. The van der Waals surface area contributed by atoms with Gasteiger partial charge in [-0.25, -0.2) is 4.98 Å². The van der Waals surface area contributed by atoms with Gasteiger partial charge in [0.2, 0.25) is 0 Å². The van der Waals surface area contributed by atoms with Gasteiger partial charge in [0, 0.05) is 12.6 Å². The van der Waals surface area contributed by atoms with Gasteiger partial charge in [-0.05, 0) is 38.0 Å². The predicted molar refractivity (Wildman–Crippen MR) is 83.8 cm³/mol. The lowest BCUT2D eigenvalue weighted by Gasteiger charge is -2.44. The lowest BCUT2D eigenvalue weighted by atomic mass is 9.78. The van der Waals surface area contributed by atoms with E-state index in [-0.39, 0.29) is 0 Å². The summed E-state index contributed by atoms with van der Waals surface area (Å²) in [5, 5.41) is 1.10. The number of rotatable bonds is 4. The zero-order valence-electron chi connectivity index (χ0n) is 12.3. The highest BCUT2D eigenvalue weighted by atomic mass is 32.1. The Bertz CT molecular complexity index is 469. The Kier molecular flexibility index (Phi) is 4.39. The third-order valence-corrected chi connectivity index (χ3v) is 5.86. The van der Waals surface area contributed by atoms with Crippen LogP contribution in [0, 0.1) is 5.92 Å². The summed E-state index contributed by atoms with van der Waals surface area (Å²) in [5.41, 5.74) is 1.01. The molecule has 0 spiro atoms. The minimum Gasteiger partial charge on any atom is -0.345 e. The molecule has 2 aliphatic rings. The van der Waals surface area contributed by atoms with Crippen molar-refractivity contribution in [3.05, 3.63) is 10.6 Å². The van der Waals surface area contributed by atoms with Crippen molar-refractivity contribution in [1.29, 1.82) is 0 Å². The van der Waals surface area contributed by atoms with E-state index in [0.717, 1.165) is 47.3 Å². The standard InChI is InChI=1S/C16H24N2OS/c1-2-6-13-15(11-19)20-16(17-13)18-10-5-8-12-7-3-4-9-14(12)18/h11-12,14H,2-10H2,1H3. The molecule has 2 heterocycles. The van der Waals surface area contributed by atoms with Crippen LogP contribution in [-0.4, -0.2) is 23.9 Å². The minimum absolute atomic E-state index is 0.678. The van der Waals surface area contributed by atoms with E-state index in [4.69, 9.17) is 4.98 Å².